The molecular formula is C10H16O2S. The van der Waals surface area contributed by atoms with Gasteiger partial charge in [0.25, 0.3) is 0 Å². The molecule has 0 bridgehead atoms. The van der Waals surface area contributed by atoms with Crippen LogP contribution in [0, 0.1) is 0 Å². The van der Waals surface area contributed by atoms with E-state index in [9.17, 15) is 9.90 Å². The van der Waals surface area contributed by atoms with Crippen LogP contribution < -0.4 is 0 Å². The molecule has 0 fully saturated rings. The molecule has 0 spiro atoms. The standard InChI is InChI=1S/C10H16O2S/c1-4-5-6-10(3)8(11)7(2)9(12)13-10/h11H,4-6H2,1-3H3. The number of carbonyl (C=O) groups is 1. The number of rotatable bonds is 3. The highest BCUT2D eigenvalue weighted by Gasteiger charge is 2.40. The second-order valence-electron chi connectivity index (χ2n) is 3.70. The SMILES string of the molecule is CCCCC1(C)SC(=O)C(C)=C1O. The Morgan fingerprint density at radius 3 is 2.54 bits per heavy atom. The van der Waals surface area contributed by atoms with E-state index in [1.54, 1.807) is 6.92 Å². The Morgan fingerprint density at radius 1 is 1.54 bits per heavy atom. The lowest BCUT2D eigenvalue weighted by atomic mass is 9.99. The third-order valence-corrected chi connectivity index (χ3v) is 3.83. The van der Waals surface area contributed by atoms with E-state index < -0.39 is 0 Å². The second-order valence-corrected chi connectivity index (χ2v) is 5.17. The molecule has 74 valence electrons. The maximum Gasteiger partial charge on any atom is 0.219 e. The summed E-state index contributed by atoms with van der Waals surface area (Å²) in [4.78, 5) is 11.3. The van der Waals surface area contributed by atoms with Crippen molar-refractivity contribution in [2.75, 3.05) is 0 Å². The summed E-state index contributed by atoms with van der Waals surface area (Å²) in [7, 11) is 0. The first-order chi connectivity index (χ1) is 6.01. The normalized spacial score (nSPS) is 28.7. The monoisotopic (exact) mass is 200 g/mol. The molecule has 1 aliphatic heterocycles. The van der Waals surface area contributed by atoms with Crippen LogP contribution in [0.4, 0.5) is 0 Å². The van der Waals surface area contributed by atoms with E-state index in [2.05, 4.69) is 6.92 Å². The molecule has 2 nitrogen and oxygen atoms in total. The van der Waals surface area contributed by atoms with Crippen molar-refractivity contribution in [1.29, 1.82) is 0 Å². The molecule has 0 aromatic rings. The molecule has 0 aromatic heterocycles. The summed E-state index contributed by atoms with van der Waals surface area (Å²) < 4.78 is -0.350. The van der Waals surface area contributed by atoms with Crippen molar-refractivity contribution >= 4 is 16.9 Å². The van der Waals surface area contributed by atoms with Crippen LogP contribution in [0.1, 0.15) is 40.0 Å². The highest BCUT2D eigenvalue weighted by Crippen LogP contribution is 2.45. The molecule has 0 aromatic carbocycles. The Bertz CT molecular complexity index is 258. The van der Waals surface area contributed by atoms with Gasteiger partial charge in [0.2, 0.25) is 5.12 Å². The van der Waals surface area contributed by atoms with Gasteiger partial charge in [0, 0.05) is 5.57 Å². The molecule has 1 heterocycles. The first-order valence-corrected chi connectivity index (χ1v) is 5.46. The van der Waals surface area contributed by atoms with Gasteiger partial charge in [-0.15, -0.1) is 0 Å². The molecule has 13 heavy (non-hydrogen) atoms. The van der Waals surface area contributed by atoms with Crippen LogP contribution in [0.25, 0.3) is 0 Å². The van der Waals surface area contributed by atoms with Crippen LogP contribution in [0.3, 0.4) is 0 Å². The highest BCUT2D eigenvalue weighted by molar-refractivity contribution is 8.15. The summed E-state index contributed by atoms with van der Waals surface area (Å²) in [5.41, 5.74) is 0.531. The average Bonchev–Trinajstić information content (AvgIpc) is 2.28. The van der Waals surface area contributed by atoms with Crippen LogP contribution in [-0.2, 0) is 4.79 Å². The zero-order valence-electron chi connectivity index (χ0n) is 8.39. The number of hydrogen-bond donors (Lipinski definition) is 1. The fraction of sp³-hybridized carbons (Fsp3) is 0.700. The maximum atomic E-state index is 11.3. The van der Waals surface area contributed by atoms with Gasteiger partial charge >= 0.3 is 0 Å². The molecule has 1 N–H and O–H groups in total. The first-order valence-electron chi connectivity index (χ1n) is 4.65. The zero-order valence-corrected chi connectivity index (χ0v) is 9.20. The van der Waals surface area contributed by atoms with Crippen molar-refractivity contribution in [3.63, 3.8) is 0 Å². The number of hydrogen-bond acceptors (Lipinski definition) is 3. The van der Waals surface area contributed by atoms with Gasteiger partial charge in [-0.2, -0.15) is 0 Å². The Labute approximate surface area is 83.4 Å². The molecular weight excluding hydrogens is 184 g/mol. The topological polar surface area (TPSA) is 37.3 Å². The molecule has 3 heteroatoms. The zero-order chi connectivity index (χ0) is 10.1. The van der Waals surface area contributed by atoms with Gasteiger partial charge in [-0.1, -0.05) is 31.5 Å². The van der Waals surface area contributed by atoms with Gasteiger partial charge in [-0.05, 0) is 20.3 Å². The molecule has 0 aliphatic carbocycles. The smallest absolute Gasteiger partial charge is 0.219 e. The average molecular weight is 200 g/mol. The van der Waals surface area contributed by atoms with E-state index in [1.807, 2.05) is 6.92 Å². The number of aliphatic hydroxyl groups excluding tert-OH is 1. The lowest BCUT2D eigenvalue weighted by molar-refractivity contribution is -0.107. The van der Waals surface area contributed by atoms with Crippen molar-refractivity contribution < 1.29 is 9.90 Å². The molecule has 1 unspecified atom stereocenters. The number of thioether (sulfide) groups is 1. The van der Waals surface area contributed by atoms with Crippen LogP contribution >= 0.6 is 11.8 Å². The van der Waals surface area contributed by atoms with Gasteiger partial charge in [-0.25, -0.2) is 0 Å². The quantitative estimate of drug-likeness (QED) is 0.760. The fourth-order valence-corrected chi connectivity index (χ4v) is 2.66. The van der Waals surface area contributed by atoms with Crippen molar-refractivity contribution in [2.45, 2.75) is 44.8 Å². The van der Waals surface area contributed by atoms with Crippen LogP contribution in [-0.4, -0.2) is 15.0 Å². The second kappa shape index (κ2) is 3.74. The van der Waals surface area contributed by atoms with Crippen LogP contribution in [0.2, 0.25) is 0 Å². The summed E-state index contributed by atoms with van der Waals surface area (Å²) in [6, 6.07) is 0. The summed E-state index contributed by atoms with van der Waals surface area (Å²) in [5, 5.41) is 9.78. The van der Waals surface area contributed by atoms with Gasteiger partial charge in [0.05, 0.1) is 4.75 Å². The minimum Gasteiger partial charge on any atom is -0.510 e. The number of carbonyl (C=O) groups excluding carboxylic acids is 1. The minimum atomic E-state index is -0.350. The summed E-state index contributed by atoms with van der Waals surface area (Å²) in [6.07, 6.45) is 3.02. The molecule has 0 saturated carbocycles. The lowest BCUT2D eigenvalue weighted by Gasteiger charge is -2.21. The predicted octanol–water partition coefficient (Wildman–Crippen LogP) is 3.04. The van der Waals surface area contributed by atoms with Crippen molar-refractivity contribution in [3.05, 3.63) is 11.3 Å². The van der Waals surface area contributed by atoms with Crippen molar-refractivity contribution in [3.8, 4) is 0 Å². The summed E-state index contributed by atoms with van der Waals surface area (Å²) in [6.45, 7) is 5.75. The fourth-order valence-electron chi connectivity index (χ4n) is 1.51. The lowest BCUT2D eigenvalue weighted by Crippen LogP contribution is -2.20. The van der Waals surface area contributed by atoms with Crippen molar-refractivity contribution in [1.82, 2.24) is 0 Å². The Balaban J connectivity index is 2.77. The van der Waals surface area contributed by atoms with E-state index in [4.69, 9.17) is 0 Å². The summed E-state index contributed by atoms with van der Waals surface area (Å²) >= 11 is 1.26. The van der Waals surface area contributed by atoms with E-state index >= 15 is 0 Å². The Kier molecular flexibility index (Phi) is 3.06. The van der Waals surface area contributed by atoms with E-state index in [0.717, 1.165) is 19.3 Å². The number of unbranched alkanes of at least 4 members (excludes halogenated alkanes) is 1. The third-order valence-electron chi connectivity index (χ3n) is 2.49. The largest absolute Gasteiger partial charge is 0.510 e. The predicted molar refractivity (Wildman–Crippen MR) is 55.9 cm³/mol. The molecule has 1 rings (SSSR count). The first kappa shape index (κ1) is 10.6. The third kappa shape index (κ3) is 1.90. The number of aliphatic hydroxyl groups is 1. The Hall–Kier alpha value is -0.440. The van der Waals surface area contributed by atoms with Gasteiger partial charge in [-0.3, -0.25) is 4.79 Å². The molecule has 0 radical (unpaired) electrons. The van der Waals surface area contributed by atoms with Gasteiger partial charge in [0.1, 0.15) is 5.76 Å². The van der Waals surface area contributed by atoms with Crippen LogP contribution in [0.5, 0.6) is 0 Å². The van der Waals surface area contributed by atoms with E-state index in [0.29, 0.717) is 5.57 Å². The van der Waals surface area contributed by atoms with Gasteiger partial charge in [0.15, 0.2) is 0 Å². The molecule has 1 atom stereocenters. The minimum absolute atomic E-state index is 0.0242. The van der Waals surface area contributed by atoms with E-state index in [1.165, 1.54) is 11.8 Å². The maximum absolute atomic E-state index is 11.3. The van der Waals surface area contributed by atoms with E-state index in [-0.39, 0.29) is 15.6 Å². The molecule has 0 saturated heterocycles. The highest BCUT2D eigenvalue weighted by atomic mass is 32.2. The Morgan fingerprint density at radius 2 is 2.15 bits per heavy atom. The van der Waals surface area contributed by atoms with Crippen LogP contribution in [0.15, 0.2) is 11.3 Å². The molecule has 1 aliphatic rings. The van der Waals surface area contributed by atoms with Crippen molar-refractivity contribution in [2.24, 2.45) is 0 Å². The summed E-state index contributed by atoms with van der Waals surface area (Å²) in [5.74, 6) is 0.288. The van der Waals surface area contributed by atoms with Gasteiger partial charge < -0.3 is 5.11 Å². The molecule has 0 amide bonds.